The molecular formula is C19H16F3NO5. The molecule has 0 heterocycles. The van der Waals surface area contributed by atoms with Crippen molar-refractivity contribution in [2.45, 2.75) is 13.0 Å². The highest BCUT2D eigenvalue weighted by molar-refractivity contribution is 5.93. The Labute approximate surface area is 158 Å². The van der Waals surface area contributed by atoms with Gasteiger partial charge in [-0.15, -0.1) is 13.2 Å². The summed E-state index contributed by atoms with van der Waals surface area (Å²) in [6, 6.07) is 12.0. The Morgan fingerprint density at radius 3 is 2.18 bits per heavy atom. The minimum atomic E-state index is -4.73. The van der Waals surface area contributed by atoms with Crippen molar-refractivity contribution < 1.29 is 37.3 Å². The monoisotopic (exact) mass is 395 g/mol. The van der Waals surface area contributed by atoms with Crippen molar-refractivity contribution in [3.05, 3.63) is 65.7 Å². The highest BCUT2D eigenvalue weighted by Gasteiger charge is 2.30. The standard InChI is InChI=1S/C19H16F3NO5/c20-19(21,22)28-16-8-3-14(4-9-16)12-27-15-6-1-13(2-7-15)5-10-17(24)23-11-18(25)26/h1-10H,11-12H2,(H,23,24)(H,25,26). The van der Waals surface area contributed by atoms with Gasteiger partial charge in [0.05, 0.1) is 0 Å². The largest absolute Gasteiger partial charge is 0.573 e. The first kappa shape index (κ1) is 20.8. The van der Waals surface area contributed by atoms with Crippen molar-refractivity contribution in [1.82, 2.24) is 5.32 Å². The second-order valence-corrected chi connectivity index (χ2v) is 5.49. The summed E-state index contributed by atoms with van der Waals surface area (Å²) in [7, 11) is 0. The second kappa shape index (κ2) is 9.45. The molecule has 0 spiro atoms. The van der Waals surface area contributed by atoms with Gasteiger partial charge in [0, 0.05) is 6.08 Å². The van der Waals surface area contributed by atoms with Crippen LogP contribution in [0.3, 0.4) is 0 Å². The lowest BCUT2D eigenvalue weighted by Crippen LogP contribution is -2.27. The molecule has 0 saturated carbocycles. The third-order valence-electron chi connectivity index (χ3n) is 3.28. The number of hydrogen-bond donors (Lipinski definition) is 2. The van der Waals surface area contributed by atoms with E-state index < -0.39 is 24.8 Å². The average molecular weight is 395 g/mol. The Morgan fingerprint density at radius 1 is 1.00 bits per heavy atom. The van der Waals surface area contributed by atoms with Crippen molar-refractivity contribution in [3.8, 4) is 11.5 Å². The molecule has 9 heteroatoms. The Hall–Kier alpha value is -3.49. The van der Waals surface area contributed by atoms with Crippen molar-refractivity contribution in [2.24, 2.45) is 0 Å². The van der Waals surface area contributed by atoms with E-state index in [1.807, 2.05) is 0 Å². The predicted octanol–water partition coefficient (Wildman–Crippen LogP) is 3.38. The molecule has 1 amide bonds. The number of benzene rings is 2. The molecule has 148 valence electrons. The van der Waals surface area contributed by atoms with Crippen molar-refractivity contribution in [2.75, 3.05) is 6.54 Å². The SMILES string of the molecule is O=C(O)CNC(=O)C=Cc1ccc(OCc2ccc(OC(F)(F)F)cc2)cc1. The topological polar surface area (TPSA) is 84.9 Å². The van der Waals surface area contributed by atoms with Gasteiger partial charge in [-0.2, -0.15) is 0 Å². The van der Waals surface area contributed by atoms with Gasteiger partial charge in [-0.1, -0.05) is 24.3 Å². The van der Waals surface area contributed by atoms with Crippen molar-refractivity contribution in [3.63, 3.8) is 0 Å². The number of hydrogen-bond acceptors (Lipinski definition) is 4. The van der Waals surface area contributed by atoms with E-state index in [0.717, 1.165) is 0 Å². The number of nitrogens with one attached hydrogen (secondary N) is 1. The van der Waals surface area contributed by atoms with E-state index in [-0.39, 0.29) is 12.4 Å². The van der Waals surface area contributed by atoms with Crippen LogP contribution in [0.15, 0.2) is 54.6 Å². The van der Waals surface area contributed by atoms with Gasteiger partial charge in [-0.05, 0) is 41.5 Å². The first-order valence-electron chi connectivity index (χ1n) is 7.96. The van der Waals surface area contributed by atoms with Gasteiger partial charge in [0.15, 0.2) is 0 Å². The lowest BCUT2D eigenvalue weighted by molar-refractivity contribution is -0.274. The maximum Gasteiger partial charge on any atom is 0.573 e. The molecular weight excluding hydrogens is 379 g/mol. The number of carbonyl (C=O) groups is 2. The Bertz CT molecular complexity index is 830. The lowest BCUT2D eigenvalue weighted by atomic mass is 10.2. The van der Waals surface area contributed by atoms with Gasteiger partial charge < -0.3 is 19.9 Å². The summed E-state index contributed by atoms with van der Waals surface area (Å²) in [5, 5.41) is 10.7. The normalized spacial score (nSPS) is 11.2. The lowest BCUT2D eigenvalue weighted by Gasteiger charge is -2.10. The molecule has 0 saturated heterocycles. The number of halogens is 3. The van der Waals surface area contributed by atoms with Gasteiger partial charge in [0.25, 0.3) is 0 Å². The summed E-state index contributed by atoms with van der Waals surface area (Å²) >= 11 is 0. The summed E-state index contributed by atoms with van der Waals surface area (Å²) in [6.45, 7) is -0.307. The number of alkyl halides is 3. The Morgan fingerprint density at radius 2 is 1.61 bits per heavy atom. The third kappa shape index (κ3) is 7.81. The van der Waals surface area contributed by atoms with Crippen LogP contribution in [-0.4, -0.2) is 29.9 Å². The number of carboxylic acid groups (broad SMARTS) is 1. The summed E-state index contributed by atoms with van der Waals surface area (Å²) in [5.74, 6) is -1.44. The molecule has 2 aromatic carbocycles. The van der Waals surface area contributed by atoms with E-state index in [9.17, 15) is 22.8 Å². The maximum atomic E-state index is 12.1. The van der Waals surface area contributed by atoms with E-state index >= 15 is 0 Å². The highest BCUT2D eigenvalue weighted by atomic mass is 19.4. The summed E-state index contributed by atoms with van der Waals surface area (Å²) in [6.07, 6.45) is -2.01. The Balaban J connectivity index is 1.84. The summed E-state index contributed by atoms with van der Waals surface area (Å²) in [5.41, 5.74) is 1.36. The fraction of sp³-hybridized carbons (Fsp3) is 0.158. The van der Waals surface area contributed by atoms with Gasteiger partial charge in [-0.3, -0.25) is 9.59 Å². The number of amides is 1. The molecule has 2 rings (SSSR count). The van der Waals surface area contributed by atoms with Crippen LogP contribution in [0.1, 0.15) is 11.1 Å². The van der Waals surface area contributed by atoms with Gasteiger partial charge in [-0.25, -0.2) is 0 Å². The number of ether oxygens (including phenoxy) is 2. The van der Waals surface area contributed by atoms with Crippen LogP contribution < -0.4 is 14.8 Å². The van der Waals surface area contributed by atoms with Crippen molar-refractivity contribution >= 4 is 18.0 Å². The molecule has 2 aromatic rings. The molecule has 0 aromatic heterocycles. The zero-order valence-corrected chi connectivity index (χ0v) is 14.4. The molecule has 0 fully saturated rings. The molecule has 0 aliphatic carbocycles. The molecule has 0 aliphatic heterocycles. The zero-order chi connectivity index (χ0) is 20.6. The van der Waals surface area contributed by atoms with E-state index in [0.29, 0.717) is 16.9 Å². The molecule has 2 N–H and O–H groups in total. The number of carbonyl (C=O) groups excluding carboxylic acids is 1. The second-order valence-electron chi connectivity index (χ2n) is 5.49. The first-order valence-corrected chi connectivity index (χ1v) is 7.96. The molecule has 6 nitrogen and oxygen atoms in total. The minimum absolute atomic E-state index is 0.152. The van der Waals surface area contributed by atoms with Crippen LogP contribution in [0.2, 0.25) is 0 Å². The number of carboxylic acids is 1. The van der Waals surface area contributed by atoms with E-state index in [1.165, 1.54) is 36.4 Å². The quantitative estimate of drug-likeness (QED) is 0.670. The molecule has 0 atom stereocenters. The molecule has 0 bridgehead atoms. The van der Waals surface area contributed by atoms with Gasteiger partial charge in [0.1, 0.15) is 24.7 Å². The highest BCUT2D eigenvalue weighted by Crippen LogP contribution is 2.23. The zero-order valence-electron chi connectivity index (χ0n) is 14.4. The van der Waals surface area contributed by atoms with Crippen LogP contribution in [-0.2, 0) is 16.2 Å². The summed E-state index contributed by atoms with van der Waals surface area (Å²) in [4.78, 5) is 21.7. The average Bonchev–Trinajstić information content (AvgIpc) is 2.63. The Kier molecular flexibility index (Phi) is 7.02. The van der Waals surface area contributed by atoms with Crippen LogP contribution in [0.5, 0.6) is 11.5 Å². The predicted molar refractivity (Wildman–Crippen MR) is 93.6 cm³/mol. The minimum Gasteiger partial charge on any atom is -0.489 e. The third-order valence-corrected chi connectivity index (χ3v) is 3.28. The number of aliphatic carboxylic acids is 1. The first-order chi connectivity index (χ1) is 13.2. The molecule has 0 radical (unpaired) electrons. The number of rotatable bonds is 8. The molecule has 28 heavy (non-hydrogen) atoms. The van der Waals surface area contributed by atoms with Gasteiger partial charge >= 0.3 is 12.3 Å². The smallest absolute Gasteiger partial charge is 0.489 e. The van der Waals surface area contributed by atoms with Crippen LogP contribution in [0.4, 0.5) is 13.2 Å². The summed E-state index contributed by atoms with van der Waals surface area (Å²) < 4.78 is 45.7. The van der Waals surface area contributed by atoms with Crippen LogP contribution in [0, 0.1) is 0 Å². The molecule has 0 unspecified atom stereocenters. The van der Waals surface area contributed by atoms with Crippen LogP contribution in [0.25, 0.3) is 6.08 Å². The van der Waals surface area contributed by atoms with E-state index in [1.54, 1.807) is 24.3 Å². The van der Waals surface area contributed by atoms with Crippen molar-refractivity contribution in [1.29, 1.82) is 0 Å². The molecule has 0 aliphatic rings. The fourth-order valence-corrected chi connectivity index (χ4v) is 2.02. The van der Waals surface area contributed by atoms with E-state index in [2.05, 4.69) is 10.1 Å². The maximum absolute atomic E-state index is 12.1. The van der Waals surface area contributed by atoms with E-state index in [4.69, 9.17) is 9.84 Å². The van der Waals surface area contributed by atoms with Crippen LogP contribution >= 0.6 is 0 Å². The van der Waals surface area contributed by atoms with Gasteiger partial charge in [0.2, 0.25) is 5.91 Å². The fourth-order valence-electron chi connectivity index (χ4n) is 2.02.